The summed E-state index contributed by atoms with van der Waals surface area (Å²) in [4.78, 5) is 24.3. The Morgan fingerprint density at radius 2 is 1.78 bits per heavy atom. The van der Waals surface area contributed by atoms with Gasteiger partial charge in [-0.05, 0) is 55.2 Å². The summed E-state index contributed by atoms with van der Waals surface area (Å²) in [5, 5.41) is 2.85. The zero-order valence-electron chi connectivity index (χ0n) is 16.3. The fraction of sp³-hybridized carbons (Fsp3) is 0.333. The van der Waals surface area contributed by atoms with Crippen molar-refractivity contribution in [1.82, 2.24) is 0 Å². The SMILES string of the molecule is COC(=O)c1cc(NC(=O)CCc2cccc(OC)c2OC)cc(C)c1C. The van der Waals surface area contributed by atoms with Crippen LogP contribution in [-0.4, -0.2) is 33.2 Å². The van der Waals surface area contributed by atoms with E-state index in [0.29, 0.717) is 29.2 Å². The molecule has 0 unspecified atom stereocenters. The van der Waals surface area contributed by atoms with E-state index in [0.717, 1.165) is 16.7 Å². The monoisotopic (exact) mass is 371 g/mol. The van der Waals surface area contributed by atoms with Crippen molar-refractivity contribution in [3.05, 3.63) is 52.6 Å². The zero-order chi connectivity index (χ0) is 20.0. The molecule has 0 aliphatic rings. The second-order valence-electron chi connectivity index (χ2n) is 6.16. The van der Waals surface area contributed by atoms with Crippen molar-refractivity contribution in [3.63, 3.8) is 0 Å². The average molecular weight is 371 g/mol. The largest absolute Gasteiger partial charge is 0.493 e. The molecular weight excluding hydrogens is 346 g/mol. The highest BCUT2D eigenvalue weighted by Crippen LogP contribution is 2.31. The molecule has 0 saturated carbocycles. The lowest BCUT2D eigenvalue weighted by Crippen LogP contribution is -2.14. The molecule has 6 nitrogen and oxygen atoms in total. The van der Waals surface area contributed by atoms with Gasteiger partial charge in [-0.25, -0.2) is 4.79 Å². The normalized spacial score (nSPS) is 10.3. The van der Waals surface area contributed by atoms with Crippen molar-refractivity contribution in [2.45, 2.75) is 26.7 Å². The van der Waals surface area contributed by atoms with Gasteiger partial charge in [-0.3, -0.25) is 4.79 Å². The van der Waals surface area contributed by atoms with E-state index in [1.54, 1.807) is 20.3 Å². The predicted molar refractivity (Wildman–Crippen MR) is 104 cm³/mol. The molecule has 2 aromatic rings. The van der Waals surface area contributed by atoms with Gasteiger partial charge in [0.05, 0.1) is 26.9 Å². The number of methoxy groups -OCH3 is 3. The average Bonchev–Trinajstić information content (AvgIpc) is 2.67. The molecule has 2 aromatic carbocycles. The van der Waals surface area contributed by atoms with E-state index in [1.807, 2.05) is 38.1 Å². The molecule has 0 aliphatic heterocycles. The first kappa shape index (κ1) is 20.3. The van der Waals surface area contributed by atoms with Crippen LogP contribution in [0.15, 0.2) is 30.3 Å². The van der Waals surface area contributed by atoms with Gasteiger partial charge in [-0.1, -0.05) is 12.1 Å². The summed E-state index contributed by atoms with van der Waals surface area (Å²) in [6.45, 7) is 3.74. The van der Waals surface area contributed by atoms with Crippen molar-refractivity contribution < 1.29 is 23.8 Å². The van der Waals surface area contributed by atoms with Gasteiger partial charge in [-0.2, -0.15) is 0 Å². The lowest BCUT2D eigenvalue weighted by Gasteiger charge is -2.13. The number of hydrogen-bond donors (Lipinski definition) is 1. The molecule has 1 amide bonds. The van der Waals surface area contributed by atoms with Crippen LogP contribution in [0.3, 0.4) is 0 Å². The van der Waals surface area contributed by atoms with Gasteiger partial charge in [0.2, 0.25) is 5.91 Å². The first-order chi connectivity index (χ1) is 12.9. The van der Waals surface area contributed by atoms with Crippen LogP contribution in [0.5, 0.6) is 11.5 Å². The van der Waals surface area contributed by atoms with Gasteiger partial charge in [0, 0.05) is 12.1 Å². The molecule has 0 atom stereocenters. The summed E-state index contributed by atoms with van der Waals surface area (Å²) in [7, 11) is 4.49. The van der Waals surface area contributed by atoms with Crippen LogP contribution in [0.1, 0.15) is 33.5 Å². The van der Waals surface area contributed by atoms with Crippen LogP contribution in [0, 0.1) is 13.8 Å². The molecule has 0 spiro atoms. The number of anilines is 1. The molecule has 0 heterocycles. The van der Waals surface area contributed by atoms with Gasteiger partial charge >= 0.3 is 5.97 Å². The molecule has 0 aromatic heterocycles. The molecule has 2 rings (SSSR count). The number of nitrogens with one attached hydrogen (secondary N) is 1. The highest BCUT2D eigenvalue weighted by Gasteiger charge is 2.15. The molecule has 0 bridgehead atoms. The number of rotatable bonds is 7. The zero-order valence-corrected chi connectivity index (χ0v) is 16.3. The summed E-state index contributed by atoms with van der Waals surface area (Å²) >= 11 is 0. The second-order valence-corrected chi connectivity index (χ2v) is 6.16. The highest BCUT2D eigenvalue weighted by atomic mass is 16.5. The van der Waals surface area contributed by atoms with Crippen LogP contribution in [0.2, 0.25) is 0 Å². The van der Waals surface area contributed by atoms with E-state index in [1.165, 1.54) is 7.11 Å². The molecule has 0 aliphatic carbocycles. The van der Waals surface area contributed by atoms with E-state index < -0.39 is 5.97 Å². The summed E-state index contributed by atoms with van der Waals surface area (Å²) in [5.41, 5.74) is 3.65. The Kier molecular flexibility index (Phi) is 6.82. The van der Waals surface area contributed by atoms with Gasteiger partial charge < -0.3 is 19.5 Å². The minimum Gasteiger partial charge on any atom is -0.493 e. The van der Waals surface area contributed by atoms with Crippen LogP contribution in [0.25, 0.3) is 0 Å². The quantitative estimate of drug-likeness (QED) is 0.752. The molecule has 27 heavy (non-hydrogen) atoms. The number of hydrogen-bond acceptors (Lipinski definition) is 5. The van der Waals surface area contributed by atoms with E-state index in [4.69, 9.17) is 14.2 Å². The van der Waals surface area contributed by atoms with Crippen LogP contribution < -0.4 is 14.8 Å². The minimum atomic E-state index is -0.423. The van der Waals surface area contributed by atoms with Crippen LogP contribution in [0.4, 0.5) is 5.69 Å². The standard InChI is InChI=1S/C21H25NO5/c1-13-11-16(12-17(14(13)2)21(24)27-5)22-19(23)10-9-15-7-6-8-18(25-3)20(15)26-4/h6-8,11-12H,9-10H2,1-5H3,(H,22,23). The number of carbonyl (C=O) groups excluding carboxylic acids is 2. The summed E-state index contributed by atoms with van der Waals surface area (Å²) < 4.78 is 15.5. The van der Waals surface area contributed by atoms with Crippen molar-refractivity contribution in [3.8, 4) is 11.5 Å². The smallest absolute Gasteiger partial charge is 0.338 e. The number of para-hydroxylation sites is 1. The van der Waals surface area contributed by atoms with E-state index in [2.05, 4.69) is 5.32 Å². The van der Waals surface area contributed by atoms with Gasteiger partial charge in [-0.15, -0.1) is 0 Å². The Hall–Kier alpha value is -3.02. The highest BCUT2D eigenvalue weighted by molar-refractivity contribution is 5.96. The fourth-order valence-corrected chi connectivity index (χ4v) is 2.88. The number of esters is 1. The number of carbonyl (C=O) groups is 2. The number of aryl methyl sites for hydroxylation is 2. The third kappa shape index (κ3) is 4.78. The second kappa shape index (κ2) is 9.07. The Bertz CT molecular complexity index is 845. The lowest BCUT2D eigenvalue weighted by molar-refractivity contribution is -0.116. The minimum absolute atomic E-state index is 0.154. The van der Waals surface area contributed by atoms with E-state index >= 15 is 0 Å². The van der Waals surface area contributed by atoms with E-state index in [9.17, 15) is 9.59 Å². The van der Waals surface area contributed by atoms with Crippen molar-refractivity contribution in [2.75, 3.05) is 26.6 Å². The summed E-state index contributed by atoms with van der Waals surface area (Å²) in [5.74, 6) is 0.686. The predicted octanol–water partition coefficient (Wildman–Crippen LogP) is 3.68. The molecule has 144 valence electrons. The maximum Gasteiger partial charge on any atom is 0.338 e. The molecule has 0 radical (unpaired) electrons. The van der Waals surface area contributed by atoms with Crippen LogP contribution in [-0.2, 0) is 16.0 Å². The van der Waals surface area contributed by atoms with Crippen molar-refractivity contribution in [2.24, 2.45) is 0 Å². The summed E-state index contributed by atoms with van der Waals surface area (Å²) in [6, 6.07) is 9.05. The third-order valence-electron chi connectivity index (χ3n) is 4.46. The third-order valence-corrected chi connectivity index (χ3v) is 4.46. The Morgan fingerprint density at radius 3 is 2.41 bits per heavy atom. The first-order valence-electron chi connectivity index (χ1n) is 8.60. The summed E-state index contributed by atoms with van der Waals surface area (Å²) in [6.07, 6.45) is 0.769. The Morgan fingerprint density at radius 1 is 1.04 bits per heavy atom. The topological polar surface area (TPSA) is 73.9 Å². The van der Waals surface area contributed by atoms with Crippen molar-refractivity contribution in [1.29, 1.82) is 0 Å². The Balaban J connectivity index is 2.11. The maximum atomic E-state index is 12.4. The Labute approximate surface area is 159 Å². The van der Waals surface area contributed by atoms with Gasteiger partial charge in [0.1, 0.15) is 0 Å². The lowest BCUT2D eigenvalue weighted by atomic mass is 10.0. The first-order valence-corrected chi connectivity index (χ1v) is 8.60. The number of amides is 1. The van der Waals surface area contributed by atoms with E-state index in [-0.39, 0.29) is 12.3 Å². The molecule has 0 fully saturated rings. The van der Waals surface area contributed by atoms with Crippen LogP contribution >= 0.6 is 0 Å². The molecule has 0 saturated heterocycles. The fourth-order valence-electron chi connectivity index (χ4n) is 2.88. The molecule has 6 heteroatoms. The molecule has 1 N–H and O–H groups in total. The van der Waals surface area contributed by atoms with Gasteiger partial charge in [0.25, 0.3) is 0 Å². The number of benzene rings is 2. The maximum absolute atomic E-state index is 12.4. The van der Waals surface area contributed by atoms with Gasteiger partial charge in [0.15, 0.2) is 11.5 Å². The molecular formula is C21H25NO5. The number of ether oxygens (including phenoxy) is 3. The van der Waals surface area contributed by atoms with Crippen molar-refractivity contribution >= 4 is 17.6 Å².